The third kappa shape index (κ3) is 2.24. The molecule has 0 atom stereocenters. The van der Waals surface area contributed by atoms with Crippen LogP contribution in [-0.2, 0) is 9.13 Å². The van der Waals surface area contributed by atoms with Crippen LogP contribution in [0, 0.1) is 0 Å². The van der Waals surface area contributed by atoms with Gasteiger partial charge in [0.25, 0.3) is 0 Å². The lowest BCUT2D eigenvalue weighted by molar-refractivity contribution is 0.385. The molecule has 8 nitrogen and oxygen atoms in total. The summed E-state index contributed by atoms with van der Waals surface area (Å²) >= 11 is 5.67. The molecule has 98 valence electrons. The van der Waals surface area contributed by atoms with Gasteiger partial charge in [-0.05, 0) is 12.1 Å². The molecule has 0 bridgehead atoms. The number of imidazole rings is 1. The minimum atomic E-state index is -4.82. The van der Waals surface area contributed by atoms with E-state index in [0.29, 0.717) is 4.40 Å². The van der Waals surface area contributed by atoms with Gasteiger partial charge in [0.05, 0.1) is 11.2 Å². The van der Waals surface area contributed by atoms with Crippen LogP contribution in [0.1, 0.15) is 0 Å². The highest BCUT2D eigenvalue weighted by molar-refractivity contribution is 7.61. The first-order chi connectivity index (χ1) is 8.12. The molecule has 0 spiro atoms. The predicted octanol–water partition coefficient (Wildman–Crippen LogP) is -0.406. The quantitative estimate of drug-likeness (QED) is 0.554. The van der Waals surface area contributed by atoms with Gasteiger partial charge in [0.2, 0.25) is 0 Å². The summed E-state index contributed by atoms with van der Waals surface area (Å²) in [5.74, 6) is 0. The minimum Gasteiger partial charge on any atom is -0.320 e. The van der Waals surface area contributed by atoms with Gasteiger partial charge in [-0.2, -0.15) is 0 Å². The summed E-state index contributed by atoms with van der Waals surface area (Å²) in [6, 6.07) is 2.49. The summed E-state index contributed by atoms with van der Waals surface area (Å²) in [5.41, 5.74) is -1.34. The molecule has 0 saturated carbocycles. The average Bonchev–Trinajstić information content (AvgIpc) is 2.57. The van der Waals surface area contributed by atoms with Gasteiger partial charge >= 0.3 is 15.2 Å². The highest BCUT2D eigenvalue weighted by Gasteiger charge is 2.31. The second kappa shape index (κ2) is 4.15. The number of rotatable bonds is 2. The lowest BCUT2D eigenvalue weighted by Gasteiger charge is -2.12. The Labute approximate surface area is 105 Å². The van der Waals surface area contributed by atoms with Gasteiger partial charge in [-0.15, -0.1) is 0 Å². The summed E-state index contributed by atoms with van der Waals surface area (Å²) in [6.45, 7) is 0. The van der Waals surface area contributed by atoms with Gasteiger partial charge in [-0.25, -0.2) is 4.98 Å². The van der Waals surface area contributed by atoms with Crippen molar-refractivity contribution in [2.75, 3.05) is 0 Å². The van der Waals surface area contributed by atoms with Crippen molar-refractivity contribution in [1.82, 2.24) is 9.38 Å². The van der Waals surface area contributed by atoms with E-state index in [-0.39, 0.29) is 10.7 Å². The van der Waals surface area contributed by atoms with Crippen LogP contribution in [0.5, 0.6) is 0 Å². The van der Waals surface area contributed by atoms with Crippen LogP contribution in [0.15, 0.2) is 18.3 Å². The molecule has 11 heteroatoms. The number of pyridine rings is 1. The van der Waals surface area contributed by atoms with E-state index in [1.54, 1.807) is 0 Å². The van der Waals surface area contributed by atoms with Crippen molar-refractivity contribution in [3.05, 3.63) is 23.4 Å². The third-order valence-electron chi connectivity index (χ3n) is 2.15. The molecule has 0 unspecified atom stereocenters. The van der Waals surface area contributed by atoms with E-state index in [9.17, 15) is 18.9 Å². The van der Waals surface area contributed by atoms with E-state index in [0.717, 1.165) is 6.20 Å². The summed E-state index contributed by atoms with van der Waals surface area (Å²) in [6.07, 6.45) is 0.853. The van der Waals surface area contributed by atoms with E-state index in [1.807, 2.05) is 0 Å². The molecule has 18 heavy (non-hydrogen) atoms. The Morgan fingerprint density at radius 3 is 2.22 bits per heavy atom. The molecule has 4 N–H and O–H groups in total. The SMILES string of the molecule is O=P(O)(O)c1cnc2ccc(Cl)c(P(=O)(O)O)n12. The van der Waals surface area contributed by atoms with Gasteiger partial charge in [0.1, 0.15) is 5.65 Å². The summed E-state index contributed by atoms with van der Waals surface area (Å²) in [5, 5.41) is -0.302. The smallest absolute Gasteiger partial charge is 0.320 e. The largest absolute Gasteiger partial charge is 0.374 e. The maximum atomic E-state index is 11.4. The van der Waals surface area contributed by atoms with Crippen LogP contribution >= 0.6 is 26.8 Å². The van der Waals surface area contributed by atoms with Crippen molar-refractivity contribution in [2.45, 2.75) is 0 Å². The van der Waals surface area contributed by atoms with Gasteiger partial charge in [-0.1, -0.05) is 11.6 Å². The zero-order valence-electron chi connectivity index (χ0n) is 8.50. The fraction of sp³-hybridized carbons (Fsp3) is 0. The Morgan fingerprint density at radius 2 is 1.72 bits per heavy atom. The van der Waals surface area contributed by atoms with Crippen LogP contribution in [0.25, 0.3) is 5.65 Å². The molecule has 0 aliphatic carbocycles. The molecule has 2 aromatic rings. The average molecular weight is 313 g/mol. The molecule has 0 aliphatic heterocycles. The van der Waals surface area contributed by atoms with Crippen molar-refractivity contribution < 1.29 is 28.7 Å². The second-order valence-corrected chi connectivity index (χ2v) is 6.87. The molecule has 0 radical (unpaired) electrons. The number of halogens is 1. The van der Waals surface area contributed by atoms with Gasteiger partial charge in [0.15, 0.2) is 10.9 Å². The molecule has 0 saturated heterocycles. The topological polar surface area (TPSA) is 132 Å². The number of hydrogen-bond acceptors (Lipinski definition) is 3. The molecule has 2 aromatic heterocycles. The van der Waals surface area contributed by atoms with Crippen molar-refractivity contribution >= 4 is 43.3 Å². The van der Waals surface area contributed by atoms with Crippen molar-refractivity contribution in [2.24, 2.45) is 0 Å². The Hall–Kier alpha value is -0.720. The van der Waals surface area contributed by atoms with E-state index >= 15 is 0 Å². The normalized spacial score (nSPS) is 13.2. The predicted molar refractivity (Wildman–Crippen MR) is 63.6 cm³/mol. The first kappa shape index (κ1) is 13.7. The molecule has 0 fully saturated rings. The van der Waals surface area contributed by atoms with Crippen LogP contribution in [0.2, 0.25) is 5.02 Å². The second-order valence-electron chi connectivity index (χ2n) is 3.40. The zero-order valence-corrected chi connectivity index (χ0v) is 11.0. The minimum absolute atomic E-state index is 0.0175. The highest BCUT2D eigenvalue weighted by atomic mass is 35.5. The van der Waals surface area contributed by atoms with Crippen LogP contribution in [0.4, 0.5) is 0 Å². The first-order valence-corrected chi connectivity index (χ1v) is 8.01. The van der Waals surface area contributed by atoms with E-state index in [4.69, 9.17) is 21.4 Å². The number of nitrogens with zero attached hydrogens (tertiary/aromatic N) is 2. The Kier molecular flexibility index (Phi) is 3.16. The van der Waals surface area contributed by atoms with Crippen molar-refractivity contribution in [3.63, 3.8) is 0 Å². The number of aromatic nitrogens is 2. The van der Waals surface area contributed by atoms with E-state index < -0.39 is 26.1 Å². The van der Waals surface area contributed by atoms with E-state index in [2.05, 4.69) is 4.98 Å². The van der Waals surface area contributed by atoms with Crippen LogP contribution in [-0.4, -0.2) is 29.0 Å². The monoisotopic (exact) mass is 312 g/mol. The first-order valence-electron chi connectivity index (χ1n) is 4.40. The molecular weight excluding hydrogens is 305 g/mol. The molecule has 0 amide bonds. The van der Waals surface area contributed by atoms with Crippen LogP contribution < -0.4 is 10.9 Å². The number of hydrogen-bond donors (Lipinski definition) is 4. The molecule has 2 rings (SSSR count). The van der Waals surface area contributed by atoms with E-state index in [1.165, 1.54) is 12.1 Å². The fourth-order valence-electron chi connectivity index (χ4n) is 1.50. The standard InChI is InChI=1S/C7H7ClN2O6P2/c8-4-1-2-5-9-3-6(17(11,12)13)10(5)7(4)18(14,15)16/h1-3H,(H2,11,12,13)(H2,14,15,16). The molecule has 0 aliphatic rings. The Balaban J connectivity index is 3.00. The summed E-state index contributed by atoms with van der Waals surface area (Å²) in [4.78, 5) is 40.3. The fourth-order valence-corrected chi connectivity index (χ4v) is 3.55. The lowest BCUT2D eigenvalue weighted by Crippen LogP contribution is -2.25. The Morgan fingerprint density at radius 1 is 1.11 bits per heavy atom. The van der Waals surface area contributed by atoms with Crippen molar-refractivity contribution in [1.29, 1.82) is 0 Å². The molecular formula is C7H7ClN2O6P2. The maximum absolute atomic E-state index is 11.4. The highest BCUT2D eigenvalue weighted by Crippen LogP contribution is 2.39. The molecule has 0 aromatic carbocycles. The van der Waals surface area contributed by atoms with Crippen LogP contribution in [0.3, 0.4) is 0 Å². The van der Waals surface area contributed by atoms with Gasteiger partial charge < -0.3 is 19.6 Å². The molecule has 2 heterocycles. The zero-order chi connectivity index (χ0) is 13.7. The summed E-state index contributed by atoms with van der Waals surface area (Å²) in [7, 11) is -9.55. The lowest BCUT2D eigenvalue weighted by atomic mass is 10.5. The van der Waals surface area contributed by atoms with Crippen molar-refractivity contribution in [3.8, 4) is 0 Å². The maximum Gasteiger partial charge on any atom is 0.374 e. The summed E-state index contributed by atoms with van der Waals surface area (Å²) < 4.78 is 23.3. The number of fused-ring (bicyclic) bond motifs is 1. The Bertz CT molecular complexity index is 716. The third-order valence-corrected chi connectivity index (χ3v) is 4.49. The van der Waals surface area contributed by atoms with Gasteiger partial charge in [-0.3, -0.25) is 13.5 Å². The van der Waals surface area contributed by atoms with Gasteiger partial charge in [0, 0.05) is 0 Å².